The Balaban J connectivity index is 1.80. The lowest BCUT2D eigenvalue weighted by atomic mass is 9.77. The maximum atomic E-state index is 4.55. The van der Waals surface area contributed by atoms with Crippen LogP contribution >= 0.6 is 0 Å². The van der Waals surface area contributed by atoms with Gasteiger partial charge in [0.15, 0.2) is 0 Å². The first-order valence-corrected chi connectivity index (χ1v) is 10.0. The van der Waals surface area contributed by atoms with E-state index < -0.39 is 0 Å². The largest absolute Gasteiger partial charge is 0.264 e. The first-order chi connectivity index (χ1) is 13.5. The highest BCUT2D eigenvalue weighted by Gasteiger charge is 2.23. The van der Waals surface area contributed by atoms with Crippen molar-refractivity contribution in [1.82, 2.24) is 4.98 Å². The second kappa shape index (κ2) is 7.59. The molecule has 0 bridgehead atoms. The van der Waals surface area contributed by atoms with Crippen molar-refractivity contribution >= 4 is 11.1 Å². The molecule has 0 unspecified atom stereocenters. The molecule has 0 aliphatic heterocycles. The fourth-order valence-electron chi connectivity index (χ4n) is 4.26. The van der Waals surface area contributed by atoms with E-state index in [1.54, 1.807) is 0 Å². The minimum absolute atomic E-state index is 0.973. The van der Waals surface area contributed by atoms with Crippen molar-refractivity contribution < 1.29 is 0 Å². The van der Waals surface area contributed by atoms with Gasteiger partial charge in [0, 0.05) is 12.4 Å². The monoisotopic (exact) mass is 365 g/mol. The van der Waals surface area contributed by atoms with Crippen molar-refractivity contribution in [3.63, 3.8) is 0 Å². The molecule has 1 heteroatoms. The number of rotatable bonds is 4. The Hall–Kier alpha value is -2.93. The molecule has 28 heavy (non-hydrogen) atoms. The number of pyridine rings is 1. The van der Waals surface area contributed by atoms with Gasteiger partial charge in [-0.1, -0.05) is 49.0 Å². The SMILES string of the molecule is C=C1C(CCc2cccnc2)=C(c2ccc(C)c(C)c2)Cc2cccc(C)c21. The lowest BCUT2D eigenvalue weighted by molar-refractivity contribution is 0.948. The zero-order valence-corrected chi connectivity index (χ0v) is 17.0. The zero-order chi connectivity index (χ0) is 19.7. The summed E-state index contributed by atoms with van der Waals surface area (Å²) in [4.78, 5) is 4.28. The van der Waals surface area contributed by atoms with Crippen LogP contribution in [0.4, 0.5) is 0 Å². The van der Waals surface area contributed by atoms with Crippen molar-refractivity contribution in [1.29, 1.82) is 0 Å². The van der Waals surface area contributed by atoms with E-state index in [0.717, 1.165) is 19.3 Å². The summed E-state index contributed by atoms with van der Waals surface area (Å²) in [7, 11) is 0. The minimum Gasteiger partial charge on any atom is -0.264 e. The summed E-state index contributed by atoms with van der Waals surface area (Å²) >= 11 is 0. The van der Waals surface area contributed by atoms with Gasteiger partial charge in [0.2, 0.25) is 0 Å². The molecule has 1 aliphatic carbocycles. The normalized spacial score (nSPS) is 13.6. The van der Waals surface area contributed by atoms with Crippen molar-refractivity contribution in [3.8, 4) is 0 Å². The molecule has 0 amide bonds. The molecule has 0 atom stereocenters. The second-order valence-electron chi connectivity index (χ2n) is 7.88. The van der Waals surface area contributed by atoms with Gasteiger partial charge in [-0.3, -0.25) is 4.98 Å². The van der Waals surface area contributed by atoms with Crippen LogP contribution in [-0.2, 0) is 12.8 Å². The topological polar surface area (TPSA) is 12.9 Å². The fraction of sp³-hybridized carbons (Fsp3) is 0.222. The van der Waals surface area contributed by atoms with Crippen LogP contribution in [0.1, 0.15) is 45.4 Å². The summed E-state index contributed by atoms with van der Waals surface area (Å²) in [6, 6.07) is 17.6. The Kier molecular flexibility index (Phi) is 5.00. The van der Waals surface area contributed by atoms with E-state index in [1.165, 1.54) is 55.7 Å². The van der Waals surface area contributed by atoms with Gasteiger partial charge in [-0.15, -0.1) is 0 Å². The standard InChI is InChI=1S/C27H27N/c1-18-10-12-23(15-20(18)3)26-16-24-9-5-7-19(2)27(24)21(4)25(26)13-11-22-8-6-14-28-17-22/h5-10,12,14-15,17H,4,11,13,16H2,1-3H3. The van der Waals surface area contributed by atoms with Gasteiger partial charge in [0.25, 0.3) is 0 Å². The van der Waals surface area contributed by atoms with Crippen LogP contribution in [-0.4, -0.2) is 4.98 Å². The van der Waals surface area contributed by atoms with E-state index in [4.69, 9.17) is 0 Å². The Bertz CT molecular complexity index is 1070. The predicted octanol–water partition coefficient (Wildman–Crippen LogP) is 6.66. The zero-order valence-electron chi connectivity index (χ0n) is 17.0. The number of allylic oxidation sites excluding steroid dienone is 3. The van der Waals surface area contributed by atoms with Crippen molar-refractivity contribution in [2.75, 3.05) is 0 Å². The summed E-state index contributed by atoms with van der Waals surface area (Å²) in [5.74, 6) is 0. The Morgan fingerprint density at radius 2 is 1.75 bits per heavy atom. The first-order valence-electron chi connectivity index (χ1n) is 10.0. The van der Waals surface area contributed by atoms with Crippen molar-refractivity contribution in [2.45, 2.75) is 40.0 Å². The van der Waals surface area contributed by atoms with E-state index in [2.05, 4.69) is 74.8 Å². The summed E-state index contributed by atoms with van der Waals surface area (Å²) in [6.45, 7) is 11.1. The molecule has 0 saturated heterocycles. The lowest BCUT2D eigenvalue weighted by Gasteiger charge is -2.27. The number of aryl methyl sites for hydroxylation is 4. The molecule has 4 rings (SSSR count). The lowest BCUT2D eigenvalue weighted by Crippen LogP contribution is -2.10. The molecule has 140 valence electrons. The van der Waals surface area contributed by atoms with Gasteiger partial charge in [-0.2, -0.15) is 0 Å². The van der Waals surface area contributed by atoms with Gasteiger partial charge < -0.3 is 0 Å². The number of hydrogen-bond acceptors (Lipinski definition) is 1. The first kappa shape index (κ1) is 18.4. The van der Waals surface area contributed by atoms with Crippen LogP contribution in [0.25, 0.3) is 11.1 Å². The van der Waals surface area contributed by atoms with Crippen LogP contribution < -0.4 is 0 Å². The maximum Gasteiger partial charge on any atom is 0.0299 e. The Morgan fingerprint density at radius 1 is 0.893 bits per heavy atom. The van der Waals surface area contributed by atoms with Crippen LogP contribution in [0.3, 0.4) is 0 Å². The highest BCUT2D eigenvalue weighted by atomic mass is 14.6. The van der Waals surface area contributed by atoms with Gasteiger partial charge >= 0.3 is 0 Å². The summed E-state index contributed by atoms with van der Waals surface area (Å²) in [5, 5.41) is 0. The predicted molar refractivity (Wildman–Crippen MR) is 119 cm³/mol. The molecule has 0 saturated carbocycles. The summed E-state index contributed by atoms with van der Waals surface area (Å²) in [6.07, 6.45) is 6.75. The van der Waals surface area contributed by atoms with Crippen LogP contribution in [0, 0.1) is 20.8 Å². The average Bonchev–Trinajstić information content (AvgIpc) is 2.70. The number of nitrogens with zero attached hydrogens (tertiary/aromatic N) is 1. The van der Waals surface area contributed by atoms with Crippen LogP contribution in [0.5, 0.6) is 0 Å². The minimum atomic E-state index is 0.973. The van der Waals surface area contributed by atoms with E-state index in [9.17, 15) is 0 Å². The Labute approximate surface area is 168 Å². The van der Waals surface area contributed by atoms with E-state index >= 15 is 0 Å². The third kappa shape index (κ3) is 3.45. The van der Waals surface area contributed by atoms with Crippen LogP contribution in [0.2, 0.25) is 0 Å². The quantitative estimate of drug-likeness (QED) is 0.503. The van der Waals surface area contributed by atoms with Crippen molar-refractivity contribution in [3.05, 3.63) is 112 Å². The number of benzene rings is 2. The van der Waals surface area contributed by atoms with Gasteiger partial charge in [-0.25, -0.2) is 0 Å². The number of fused-ring (bicyclic) bond motifs is 1. The van der Waals surface area contributed by atoms with E-state index in [0.29, 0.717) is 0 Å². The average molecular weight is 366 g/mol. The molecule has 0 fully saturated rings. The molecule has 1 nitrogen and oxygen atoms in total. The smallest absolute Gasteiger partial charge is 0.0299 e. The van der Waals surface area contributed by atoms with Crippen molar-refractivity contribution in [2.24, 2.45) is 0 Å². The third-order valence-electron chi connectivity index (χ3n) is 6.00. The fourth-order valence-corrected chi connectivity index (χ4v) is 4.26. The second-order valence-corrected chi connectivity index (χ2v) is 7.88. The maximum absolute atomic E-state index is 4.55. The van der Waals surface area contributed by atoms with Crippen LogP contribution in [0.15, 0.2) is 73.1 Å². The molecule has 0 radical (unpaired) electrons. The number of aromatic nitrogens is 1. The molecule has 1 heterocycles. The summed E-state index contributed by atoms with van der Waals surface area (Å²) in [5.41, 5.74) is 13.4. The molecule has 0 N–H and O–H groups in total. The van der Waals surface area contributed by atoms with Gasteiger partial charge in [-0.05, 0) is 102 Å². The molecular formula is C27H27N. The molecule has 1 aliphatic rings. The molecule has 1 aromatic heterocycles. The molecule has 0 spiro atoms. The number of hydrogen-bond donors (Lipinski definition) is 0. The van der Waals surface area contributed by atoms with E-state index in [1.807, 2.05) is 18.5 Å². The highest BCUT2D eigenvalue weighted by molar-refractivity contribution is 5.94. The Morgan fingerprint density at radius 3 is 2.50 bits per heavy atom. The third-order valence-corrected chi connectivity index (χ3v) is 6.00. The highest BCUT2D eigenvalue weighted by Crippen LogP contribution is 2.42. The van der Waals surface area contributed by atoms with E-state index in [-0.39, 0.29) is 0 Å². The van der Waals surface area contributed by atoms with Gasteiger partial charge in [0.1, 0.15) is 0 Å². The summed E-state index contributed by atoms with van der Waals surface area (Å²) < 4.78 is 0. The molecule has 2 aromatic carbocycles. The molecular weight excluding hydrogens is 338 g/mol. The van der Waals surface area contributed by atoms with Gasteiger partial charge in [0.05, 0.1) is 0 Å². The molecule has 3 aromatic rings.